The highest BCUT2D eigenvalue weighted by molar-refractivity contribution is 7.99. The minimum Gasteiger partial charge on any atom is -0.392 e. The molecule has 0 bridgehead atoms. The molecule has 0 amide bonds. The zero-order valence-corrected chi connectivity index (χ0v) is 8.45. The predicted molar refractivity (Wildman–Crippen MR) is 52.1 cm³/mol. The Morgan fingerprint density at radius 3 is 2.55 bits per heavy atom. The molecule has 0 saturated heterocycles. The van der Waals surface area contributed by atoms with E-state index in [-0.39, 0.29) is 6.10 Å². The molecule has 0 aliphatic rings. The fourth-order valence-electron chi connectivity index (χ4n) is 0.657. The summed E-state index contributed by atoms with van der Waals surface area (Å²) in [5.74, 6) is 1.13. The van der Waals surface area contributed by atoms with Crippen LogP contribution in [-0.4, -0.2) is 35.8 Å². The molecule has 2 N–H and O–H groups in total. The van der Waals surface area contributed by atoms with Crippen LogP contribution in [0.25, 0.3) is 0 Å². The van der Waals surface area contributed by atoms with E-state index in [2.05, 4.69) is 12.2 Å². The molecule has 0 aromatic heterocycles. The number of hydrogen-bond donors (Lipinski definition) is 2. The average Bonchev–Trinajstić information content (AvgIpc) is 1.97. The third kappa shape index (κ3) is 6.66. The quantitative estimate of drug-likeness (QED) is 0.596. The van der Waals surface area contributed by atoms with Crippen molar-refractivity contribution in [2.45, 2.75) is 31.6 Å². The zero-order chi connectivity index (χ0) is 8.69. The van der Waals surface area contributed by atoms with Crippen LogP contribution in [0.2, 0.25) is 0 Å². The van der Waals surface area contributed by atoms with Gasteiger partial charge in [-0.15, -0.1) is 0 Å². The Morgan fingerprint density at radius 1 is 1.45 bits per heavy atom. The Balaban J connectivity index is 3.10. The standard InChI is InChI=1S/C8H19NOS/c1-7(10)8(2)11-6-4-5-9-3/h7-10H,4-6H2,1-3H3. The van der Waals surface area contributed by atoms with Gasteiger partial charge in [-0.1, -0.05) is 6.92 Å². The van der Waals surface area contributed by atoms with Gasteiger partial charge in [-0.2, -0.15) is 11.8 Å². The van der Waals surface area contributed by atoms with Gasteiger partial charge in [0.2, 0.25) is 0 Å². The first-order valence-electron chi connectivity index (χ1n) is 4.12. The topological polar surface area (TPSA) is 32.3 Å². The second-order valence-corrected chi connectivity index (χ2v) is 4.26. The first-order valence-corrected chi connectivity index (χ1v) is 5.17. The van der Waals surface area contributed by atoms with Gasteiger partial charge in [0.1, 0.15) is 0 Å². The number of nitrogens with one attached hydrogen (secondary N) is 1. The molecular formula is C8H19NOS. The van der Waals surface area contributed by atoms with E-state index in [1.54, 1.807) is 0 Å². The molecule has 0 aromatic carbocycles. The van der Waals surface area contributed by atoms with Crippen LogP contribution < -0.4 is 5.32 Å². The molecule has 3 heteroatoms. The molecule has 11 heavy (non-hydrogen) atoms. The van der Waals surface area contributed by atoms with Gasteiger partial charge in [0.25, 0.3) is 0 Å². The molecule has 0 radical (unpaired) electrons. The first kappa shape index (κ1) is 11.3. The lowest BCUT2D eigenvalue weighted by Crippen LogP contribution is -2.16. The van der Waals surface area contributed by atoms with Crippen LogP contribution in [0, 0.1) is 0 Å². The Kier molecular flexibility index (Phi) is 7.12. The predicted octanol–water partition coefficient (Wildman–Crippen LogP) is 1.10. The third-order valence-corrected chi connectivity index (χ3v) is 3.08. The van der Waals surface area contributed by atoms with Crippen molar-refractivity contribution < 1.29 is 5.11 Å². The number of rotatable bonds is 6. The van der Waals surface area contributed by atoms with E-state index < -0.39 is 0 Å². The van der Waals surface area contributed by atoms with Crippen LogP contribution in [0.4, 0.5) is 0 Å². The lowest BCUT2D eigenvalue weighted by Gasteiger charge is -2.13. The van der Waals surface area contributed by atoms with Crippen molar-refractivity contribution in [3.8, 4) is 0 Å². The Bertz CT molecular complexity index is 88.2. The van der Waals surface area contributed by atoms with Gasteiger partial charge in [-0.05, 0) is 32.7 Å². The van der Waals surface area contributed by atoms with E-state index in [1.807, 2.05) is 25.7 Å². The fraction of sp³-hybridized carbons (Fsp3) is 1.00. The highest BCUT2D eigenvalue weighted by atomic mass is 32.2. The molecule has 0 fully saturated rings. The van der Waals surface area contributed by atoms with Crippen molar-refractivity contribution >= 4 is 11.8 Å². The van der Waals surface area contributed by atoms with Crippen LogP contribution in [0.1, 0.15) is 20.3 Å². The maximum atomic E-state index is 9.14. The van der Waals surface area contributed by atoms with E-state index in [9.17, 15) is 0 Å². The minimum atomic E-state index is -0.186. The summed E-state index contributed by atoms with van der Waals surface area (Å²) in [6, 6.07) is 0. The van der Waals surface area contributed by atoms with Crippen molar-refractivity contribution in [2.75, 3.05) is 19.3 Å². The summed E-state index contributed by atoms with van der Waals surface area (Å²) in [5.41, 5.74) is 0. The molecule has 2 nitrogen and oxygen atoms in total. The summed E-state index contributed by atoms with van der Waals surface area (Å²) >= 11 is 1.83. The van der Waals surface area contributed by atoms with Gasteiger partial charge in [0.05, 0.1) is 6.10 Å². The number of aliphatic hydroxyl groups excluding tert-OH is 1. The normalized spacial score (nSPS) is 16.4. The molecule has 68 valence electrons. The molecule has 2 atom stereocenters. The summed E-state index contributed by atoms with van der Waals surface area (Å²) in [5, 5.41) is 12.6. The number of thioether (sulfide) groups is 1. The smallest absolute Gasteiger partial charge is 0.0627 e. The molecule has 0 aliphatic heterocycles. The van der Waals surface area contributed by atoms with Crippen molar-refractivity contribution in [3.05, 3.63) is 0 Å². The highest BCUT2D eigenvalue weighted by Gasteiger charge is 2.07. The summed E-state index contributed by atoms with van der Waals surface area (Å²) in [6.07, 6.45) is 0.993. The third-order valence-electron chi connectivity index (χ3n) is 1.63. The average molecular weight is 177 g/mol. The first-order chi connectivity index (χ1) is 5.18. The molecular weight excluding hydrogens is 158 g/mol. The summed E-state index contributed by atoms with van der Waals surface area (Å²) < 4.78 is 0. The van der Waals surface area contributed by atoms with Crippen molar-refractivity contribution in [1.82, 2.24) is 5.32 Å². The highest BCUT2D eigenvalue weighted by Crippen LogP contribution is 2.14. The Labute approximate surface area is 73.8 Å². The van der Waals surface area contributed by atoms with Gasteiger partial charge in [-0.25, -0.2) is 0 Å². The lowest BCUT2D eigenvalue weighted by atomic mass is 10.3. The van der Waals surface area contributed by atoms with E-state index in [4.69, 9.17) is 5.11 Å². The molecule has 0 aromatic rings. The summed E-state index contributed by atoms with van der Waals surface area (Å²) in [4.78, 5) is 0. The van der Waals surface area contributed by atoms with Crippen LogP contribution >= 0.6 is 11.8 Å². The van der Waals surface area contributed by atoms with Crippen LogP contribution in [0.5, 0.6) is 0 Å². The largest absolute Gasteiger partial charge is 0.392 e. The molecule has 0 aliphatic carbocycles. The fourth-order valence-corrected chi connectivity index (χ4v) is 1.62. The Hall–Kier alpha value is 0.270. The zero-order valence-electron chi connectivity index (χ0n) is 7.63. The summed E-state index contributed by atoms with van der Waals surface area (Å²) in [6.45, 7) is 4.98. The molecule has 0 spiro atoms. The van der Waals surface area contributed by atoms with Gasteiger partial charge in [0.15, 0.2) is 0 Å². The monoisotopic (exact) mass is 177 g/mol. The second kappa shape index (κ2) is 6.95. The van der Waals surface area contributed by atoms with Gasteiger partial charge in [-0.3, -0.25) is 0 Å². The van der Waals surface area contributed by atoms with E-state index >= 15 is 0 Å². The number of aliphatic hydroxyl groups is 1. The molecule has 0 saturated carbocycles. The van der Waals surface area contributed by atoms with Crippen molar-refractivity contribution in [1.29, 1.82) is 0 Å². The maximum Gasteiger partial charge on any atom is 0.0627 e. The van der Waals surface area contributed by atoms with E-state index in [0.29, 0.717) is 5.25 Å². The molecule has 0 rings (SSSR count). The van der Waals surface area contributed by atoms with Crippen molar-refractivity contribution in [2.24, 2.45) is 0 Å². The van der Waals surface area contributed by atoms with Gasteiger partial charge < -0.3 is 10.4 Å². The van der Waals surface area contributed by atoms with E-state index in [0.717, 1.165) is 12.3 Å². The van der Waals surface area contributed by atoms with Crippen LogP contribution in [0.15, 0.2) is 0 Å². The minimum absolute atomic E-state index is 0.186. The van der Waals surface area contributed by atoms with Crippen molar-refractivity contribution in [3.63, 3.8) is 0 Å². The number of hydrogen-bond acceptors (Lipinski definition) is 3. The van der Waals surface area contributed by atoms with Gasteiger partial charge >= 0.3 is 0 Å². The summed E-state index contributed by atoms with van der Waals surface area (Å²) in [7, 11) is 1.96. The van der Waals surface area contributed by atoms with Crippen LogP contribution in [-0.2, 0) is 0 Å². The van der Waals surface area contributed by atoms with Crippen LogP contribution in [0.3, 0.4) is 0 Å². The SMILES string of the molecule is CNCCCSC(C)C(C)O. The molecule has 2 unspecified atom stereocenters. The van der Waals surface area contributed by atoms with E-state index in [1.165, 1.54) is 6.42 Å². The lowest BCUT2D eigenvalue weighted by molar-refractivity contribution is 0.196. The maximum absolute atomic E-state index is 9.14. The van der Waals surface area contributed by atoms with Gasteiger partial charge in [0, 0.05) is 5.25 Å². The molecule has 0 heterocycles. The second-order valence-electron chi connectivity index (χ2n) is 2.77. The Morgan fingerprint density at radius 2 is 2.09 bits per heavy atom.